The van der Waals surface area contributed by atoms with E-state index in [4.69, 9.17) is 22.1 Å². The minimum absolute atomic E-state index is 0.108. The summed E-state index contributed by atoms with van der Waals surface area (Å²) in [4.78, 5) is 15.5. The summed E-state index contributed by atoms with van der Waals surface area (Å²) < 4.78 is 5.33. The van der Waals surface area contributed by atoms with E-state index in [0.717, 1.165) is 0 Å². The number of ether oxygens (including phenoxy) is 1. The Morgan fingerprint density at radius 3 is 2.94 bits per heavy atom. The van der Waals surface area contributed by atoms with Crippen molar-refractivity contribution in [3.05, 3.63) is 23.4 Å². The fourth-order valence-electron chi connectivity index (χ4n) is 1.22. The maximum atomic E-state index is 11.5. The molecular formula is C12H18ClN3O2. The molecule has 0 saturated carbocycles. The second-order valence-electron chi connectivity index (χ2n) is 4.20. The van der Waals surface area contributed by atoms with Crippen LogP contribution in [-0.2, 0) is 4.79 Å². The number of pyridine rings is 1. The second kappa shape index (κ2) is 7.18. The third-order valence-electron chi connectivity index (χ3n) is 2.39. The molecule has 18 heavy (non-hydrogen) atoms. The van der Waals surface area contributed by atoms with Crippen LogP contribution in [0.1, 0.15) is 13.8 Å². The van der Waals surface area contributed by atoms with Crippen LogP contribution in [0.15, 0.2) is 18.3 Å². The highest BCUT2D eigenvalue weighted by Gasteiger charge is 2.16. The number of carbonyl (C=O) groups is 1. The Hall–Kier alpha value is -1.33. The summed E-state index contributed by atoms with van der Waals surface area (Å²) in [5.41, 5.74) is 5.69. The zero-order valence-electron chi connectivity index (χ0n) is 10.5. The van der Waals surface area contributed by atoms with Crippen LogP contribution in [0.3, 0.4) is 0 Å². The van der Waals surface area contributed by atoms with Gasteiger partial charge in [0.15, 0.2) is 0 Å². The summed E-state index contributed by atoms with van der Waals surface area (Å²) in [5, 5.41) is 3.14. The Morgan fingerprint density at radius 1 is 1.61 bits per heavy atom. The van der Waals surface area contributed by atoms with Gasteiger partial charge in [-0.3, -0.25) is 4.79 Å². The molecule has 0 bridgehead atoms. The number of halogens is 1. The lowest BCUT2D eigenvalue weighted by Crippen LogP contribution is -2.45. The average Bonchev–Trinajstić information content (AvgIpc) is 2.35. The maximum Gasteiger partial charge on any atom is 0.237 e. The van der Waals surface area contributed by atoms with Gasteiger partial charge in [0.2, 0.25) is 11.8 Å². The fourth-order valence-corrected chi connectivity index (χ4v) is 1.40. The smallest absolute Gasteiger partial charge is 0.237 e. The molecule has 0 spiro atoms. The van der Waals surface area contributed by atoms with E-state index in [2.05, 4.69) is 10.3 Å². The van der Waals surface area contributed by atoms with Crippen molar-refractivity contribution in [2.45, 2.75) is 19.9 Å². The lowest BCUT2D eigenvalue weighted by atomic mass is 10.1. The molecule has 0 aromatic carbocycles. The summed E-state index contributed by atoms with van der Waals surface area (Å²) in [7, 11) is 0. The predicted octanol–water partition coefficient (Wildman–Crippen LogP) is 1.21. The molecule has 1 aromatic heterocycles. The summed E-state index contributed by atoms with van der Waals surface area (Å²) in [5.74, 6) is 0.290. The number of nitrogens with zero attached hydrogens (tertiary/aromatic N) is 1. The van der Waals surface area contributed by atoms with E-state index in [1.165, 1.54) is 0 Å². The first kappa shape index (κ1) is 14.7. The van der Waals surface area contributed by atoms with Crippen molar-refractivity contribution in [1.29, 1.82) is 0 Å². The van der Waals surface area contributed by atoms with Crippen LogP contribution < -0.4 is 15.8 Å². The number of amides is 1. The quantitative estimate of drug-likeness (QED) is 0.763. The molecule has 3 N–H and O–H groups in total. The van der Waals surface area contributed by atoms with E-state index in [-0.39, 0.29) is 11.8 Å². The largest absolute Gasteiger partial charge is 0.475 e. The number of nitrogens with one attached hydrogen (secondary N) is 1. The van der Waals surface area contributed by atoms with Crippen LogP contribution in [0.2, 0.25) is 5.02 Å². The predicted molar refractivity (Wildman–Crippen MR) is 70.6 cm³/mol. The van der Waals surface area contributed by atoms with Gasteiger partial charge in [0.1, 0.15) is 11.6 Å². The second-order valence-corrected chi connectivity index (χ2v) is 4.61. The third-order valence-corrected chi connectivity index (χ3v) is 2.67. The molecule has 1 atom stereocenters. The molecule has 5 nitrogen and oxygen atoms in total. The van der Waals surface area contributed by atoms with Gasteiger partial charge in [-0.25, -0.2) is 4.98 Å². The minimum Gasteiger partial charge on any atom is -0.475 e. The normalized spacial score (nSPS) is 12.3. The van der Waals surface area contributed by atoms with Crippen molar-refractivity contribution in [1.82, 2.24) is 10.3 Å². The number of rotatable bonds is 6. The van der Waals surface area contributed by atoms with Crippen LogP contribution in [0.5, 0.6) is 5.88 Å². The first-order chi connectivity index (χ1) is 8.52. The molecule has 0 fully saturated rings. The van der Waals surface area contributed by atoms with Gasteiger partial charge in [0.05, 0.1) is 12.6 Å². The third kappa shape index (κ3) is 4.50. The highest BCUT2D eigenvalue weighted by Crippen LogP contribution is 2.19. The van der Waals surface area contributed by atoms with E-state index in [1.54, 1.807) is 18.3 Å². The van der Waals surface area contributed by atoms with Gasteiger partial charge < -0.3 is 15.8 Å². The molecule has 1 amide bonds. The topological polar surface area (TPSA) is 77.2 Å². The van der Waals surface area contributed by atoms with Gasteiger partial charge in [-0.1, -0.05) is 25.4 Å². The van der Waals surface area contributed by atoms with Gasteiger partial charge in [-0.05, 0) is 18.1 Å². The van der Waals surface area contributed by atoms with Crippen LogP contribution in [0.25, 0.3) is 0 Å². The number of hydrogen-bond acceptors (Lipinski definition) is 4. The standard InChI is InChI=1S/C12H18ClN3O2/c1-8(2)10(14)11(17)15-6-7-18-12-9(13)4-3-5-16-12/h3-5,8,10H,6-7,14H2,1-2H3,(H,15,17)/t10-/m0/s1. The summed E-state index contributed by atoms with van der Waals surface area (Å²) in [6.07, 6.45) is 1.59. The van der Waals surface area contributed by atoms with E-state index < -0.39 is 6.04 Å². The Labute approximate surface area is 112 Å². The monoisotopic (exact) mass is 271 g/mol. The Balaban J connectivity index is 2.27. The maximum absolute atomic E-state index is 11.5. The number of carbonyl (C=O) groups excluding carboxylic acids is 1. The summed E-state index contributed by atoms with van der Waals surface area (Å²) >= 11 is 5.86. The Bertz CT molecular complexity index is 399. The van der Waals surface area contributed by atoms with E-state index in [1.807, 2.05) is 13.8 Å². The molecule has 0 saturated heterocycles. The Morgan fingerprint density at radius 2 is 2.33 bits per heavy atom. The highest BCUT2D eigenvalue weighted by atomic mass is 35.5. The Kier molecular flexibility index (Phi) is 5.88. The zero-order valence-corrected chi connectivity index (χ0v) is 11.3. The first-order valence-electron chi connectivity index (χ1n) is 5.79. The molecule has 1 heterocycles. The van der Waals surface area contributed by atoms with Gasteiger partial charge in [-0.15, -0.1) is 0 Å². The molecule has 6 heteroatoms. The lowest BCUT2D eigenvalue weighted by molar-refractivity contribution is -0.123. The molecule has 0 unspecified atom stereocenters. The molecule has 0 aliphatic heterocycles. The molecule has 0 aliphatic carbocycles. The molecule has 1 rings (SSSR count). The highest BCUT2D eigenvalue weighted by molar-refractivity contribution is 6.31. The summed E-state index contributed by atoms with van der Waals surface area (Å²) in [6.45, 7) is 4.46. The molecule has 0 radical (unpaired) electrons. The van der Waals surface area contributed by atoms with Crippen molar-refractivity contribution >= 4 is 17.5 Å². The van der Waals surface area contributed by atoms with Crippen molar-refractivity contribution < 1.29 is 9.53 Å². The van der Waals surface area contributed by atoms with E-state index in [9.17, 15) is 4.79 Å². The van der Waals surface area contributed by atoms with E-state index in [0.29, 0.717) is 24.1 Å². The van der Waals surface area contributed by atoms with Crippen molar-refractivity contribution in [3.63, 3.8) is 0 Å². The van der Waals surface area contributed by atoms with Crippen LogP contribution in [-0.4, -0.2) is 30.1 Å². The van der Waals surface area contributed by atoms with Crippen LogP contribution in [0.4, 0.5) is 0 Å². The summed E-state index contributed by atoms with van der Waals surface area (Å²) in [6, 6.07) is 2.92. The van der Waals surface area contributed by atoms with Crippen LogP contribution in [0, 0.1) is 5.92 Å². The molecular weight excluding hydrogens is 254 g/mol. The number of nitrogens with two attached hydrogens (primary N) is 1. The van der Waals surface area contributed by atoms with Crippen molar-refractivity contribution in [2.75, 3.05) is 13.2 Å². The lowest BCUT2D eigenvalue weighted by Gasteiger charge is -2.15. The van der Waals surface area contributed by atoms with Gasteiger partial charge >= 0.3 is 0 Å². The zero-order chi connectivity index (χ0) is 13.5. The van der Waals surface area contributed by atoms with Crippen LogP contribution >= 0.6 is 11.6 Å². The number of hydrogen-bond donors (Lipinski definition) is 2. The molecule has 0 aliphatic rings. The minimum atomic E-state index is -0.497. The fraction of sp³-hybridized carbons (Fsp3) is 0.500. The SMILES string of the molecule is CC(C)[C@H](N)C(=O)NCCOc1ncccc1Cl. The molecule has 100 valence electrons. The van der Waals surface area contributed by atoms with Gasteiger partial charge in [0.25, 0.3) is 0 Å². The number of aromatic nitrogens is 1. The van der Waals surface area contributed by atoms with E-state index >= 15 is 0 Å². The van der Waals surface area contributed by atoms with Crippen molar-refractivity contribution in [2.24, 2.45) is 11.7 Å². The molecule has 1 aromatic rings. The average molecular weight is 272 g/mol. The van der Waals surface area contributed by atoms with Crippen molar-refractivity contribution in [3.8, 4) is 5.88 Å². The van der Waals surface area contributed by atoms with Gasteiger partial charge in [-0.2, -0.15) is 0 Å². The first-order valence-corrected chi connectivity index (χ1v) is 6.16. The van der Waals surface area contributed by atoms with Gasteiger partial charge in [0, 0.05) is 6.20 Å².